The van der Waals surface area contributed by atoms with Gasteiger partial charge in [-0.25, -0.2) is 0 Å². The Morgan fingerprint density at radius 1 is 1.00 bits per heavy atom. The molecular formula is C18H22N2O. The van der Waals surface area contributed by atoms with Crippen molar-refractivity contribution < 1.29 is 4.79 Å². The molecule has 2 aromatic rings. The minimum absolute atomic E-state index is 0.00367. The Kier molecular flexibility index (Phi) is 5.98. The Bertz CT molecular complexity index is 566. The van der Waals surface area contributed by atoms with Crippen LogP contribution in [-0.4, -0.2) is 19.0 Å². The Hall–Kier alpha value is -2.13. The van der Waals surface area contributed by atoms with Crippen molar-refractivity contribution in [1.29, 1.82) is 0 Å². The highest BCUT2D eigenvalue weighted by Gasteiger charge is 2.04. The Morgan fingerprint density at radius 3 is 2.48 bits per heavy atom. The van der Waals surface area contributed by atoms with Crippen molar-refractivity contribution in [2.24, 2.45) is 0 Å². The summed E-state index contributed by atoms with van der Waals surface area (Å²) in [6, 6.07) is 18.2. The molecule has 0 saturated heterocycles. The molecule has 0 bridgehead atoms. The van der Waals surface area contributed by atoms with Crippen LogP contribution in [0.2, 0.25) is 0 Å². The number of carbonyl (C=O) groups excluding carboxylic acids is 1. The van der Waals surface area contributed by atoms with Gasteiger partial charge in [0.2, 0.25) is 5.91 Å². The van der Waals surface area contributed by atoms with E-state index in [4.69, 9.17) is 0 Å². The first-order chi connectivity index (χ1) is 10.3. The quantitative estimate of drug-likeness (QED) is 0.766. The Labute approximate surface area is 126 Å². The molecule has 0 saturated carbocycles. The summed E-state index contributed by atoms with van der Waals surface area (Å²) < 4.78 is 0. The van der Waals surface area contributed by atoms with Crippen LogP contribution >= 0.6 is 0 Å². The standard InChI is InChI=1S/C18H22N2O/c1-2-16-10-6-7-11-17(16)20-18(21)14-19-13-12-15-8-4-3-5-9-15/h3-11,19H,2,12-14H2,1H3,(H,20,21). The molecule has 0 aliphatic carbocycles. The lowest BCUT2D eigenvalue weighted by Crippen LogP contribution is -2.29. The van der Waals surface area contributed by atoms with E-state index in [1.54, 1.807) is 0 Å². The van der Waals surface area contributed by atoms with E-state index in [1.165, 1.54) is 5.56 Å². The van der Waals surface area contributed by atoms with E-state index in [1.807, 2.05) is 42.5 Å². The lowest BCUT2D eigenvalue weighted by Gasteiger charge is -2.10. The molecule has 0 heterocycles. The third-order valence-electron chi connectivity index (χ3n) is 3.39. The minimum Gasteiger partial charge on any atom is -0.325 e. The van der Waals surface area contributed by atoms with E-state index >= 15 is 0 Å². The fraction of sp³-hybridized carbons (Fsp3) is 0.278. The molecule has 2 rings (SSSR count). The van der Waals surface area contributed by atoms with Crippen molar-refractivity contribution in [3.63, 3.8) is 0 Å². The van der Waals surface area contributed by atoms with E-state index in [2.05, 4.69) is 29.7 Å². The summed E-state index contributed by atoms with van der Waals surface area (Å²) in [6.45, 7) is 3.22. The van der Waals surface area contributed by atoms with Gasteiger partial charge in [0, 0.05) is 5.69 Å². The lowest BCUT2D eigenvalue weighted by atomic mass is 10.1. The maximum Gasteiger partial charge on any atom is 0.238 e. The molecule has 21 heavy (non-hydrogen) atoms. The molecule has 0 aromatic heterocycles. The molecule has 1 amide bonds. The molecule has 110 valence electrons. The highest BCUT2D eigenvalue weighted by atomic mass is 16.1. The van der Waals surface area contributed by atoms with E-state index in [9.17, 15) is 4.79 Å². The molecule has 0 unspecified atom stereocenters. The van der Waals surface area contributed by atoms with Crippen molar-refractivity contribution >= 4 is 11.6 Å². The molecule has 0 spiro atoms. The van der Waals surface area contributed by atoms with Crippen LogP contribution in [-0.2, 0) is 17.6 Å². The van der Waals surface area contributed by atoms with Gasteiger partial charge in [-0.15, -0.1) is 0 Å². The maximum absolute atomic E-state index is 11.9. The summed E-state index contributed by atoms with van der Waals surface area (Å²) in [4.78, 5) is 11.9. The van der Waals surface area contributed by atoms with Crippen LogP contribution in [0.1, 0.15) is 18.1 Å². The third-order valence-corrected chi connectivity index (χ3v) is 3.39. The average molecular weight is 282 g/mol. The van der Waals surface area contributed by atoms with Crippen molar-refractivity contribution in [2.45, 2.75) is 19.8 Å². The van der Waals surface area contributed by atoms with Crippen LogP contribution in [0.4, 0.5) is 5.69 Å². The average Bonchev–Trinajstić information content (AvgIpc) is 2.53. The van der Waals surface area contributed by atoms with Crippen LogP contribution in [0.25, 0.3) is 0 Å². The second-order valence-electron chi connectivity index (χ2n) is 4.97. The van der Waals surface area contributed by atoms with Gasteiger partial charge in [-0.05, 0) is 36.6 Å². The topological polar surface area (TPSA) is 41.1 Å². The van der Waals surface area contributed by atoms with Crippen LogP contribution in [0.3, 0.4) is 0 Å². The van der Waals surface area contributed by atoms with Gasteiger partial charge >= 0.3 is 0 Å². The molecule has 0 aliphatic heterocycles. The van der Waals surface area contributed by atoms with Gasteiger partial charge in [0.15, 0.2) is 0 Å². The van der Waals surface area contributed by atoms with Gasteiger partial charge in [-0.2, -0.15) is 0 Å². The minimum atomic E-state index is 0.00367. The van der Waals surface area contributed by atoms with E-state index in [-0.39, 0.29) is 5.91 Å². The second kappa shape index (κ2) is 8.22. The molecule has 3 heteroatoms. The largest absolute Gasteiger partial charge is 0.325 e. The van der Waals surface area contributed by atoms with Gasteiger partial charge in [-0.1, -0.05) is 55.5 Å². The van der Waals surface area contributed by atoms with Gasteiger partial charge < -0.3 is 10.6 Å². The highest BCUT2D eigenvalue weighted by Crippen LogP contribution is 2.14. The molecule has 0 atom stereocenters. The first kappa shape index (κ1) is 15.3. The molecule has 0 fully saturated rings. The Balaban J connectivity index is 1.72. The van der Waals surface area contributed by atoms with Gasteiger partial charge in [0.25, 0.3) is 0 Å². The zero-order valence-electron chi connectivity index (χ0n) is 12.4. The van der Waals surface area contributed by atoms with E-state index in [0.29, 0.717) is 6.54 Å². The smallest absolute Gasteiger partial charge is 0.238 e. The third kappa shape index (κ3) is 5.04. The summed E-state index contributed by atoms with van der Waals surface area (Å²) in [6.07, 6.45) is 1.84. The van der Waals surface area contributed by atoms with Gasteiger partial charge in [-0.3, -0.25) is 4.79 Å². The number of rotatable bonds is 7. The van der Waals surface area contributed by atoms with E-state index < -0.39 is 0 Å². The van der Waals surface area contributed by atoms with Gasteiger partial charge in [0.1, 0.15) is 0 Å². The molecule has 3 nitrogen and oxygen atoms in total. The zero-order chi connectivity index (χ0) is 14.9. The lowest BCUT2D eigenvalue weighted by molar-refractivity contribution is -0.115. The number of hydrogen-bond donors (Lipinski definition) is 2. The number of para-hydroxylation sites is 1. The Morgan fingerprint density at radius 2 is 1.71 bits per heavy atom. The molecule has 0 aliphatic rings. The summed E-state index contributed by atoms with van der Waals surface area (Å²) in [7, 11) is 0. The SMILES string of the molecule is CCc1ccccc1NC(=O)CNCCc1ccccc1. The monoisotopic (exact) mass is 282 g/mol. The molecular weight excluding hydrogens is 260 g/mol. The van der Waals surface area contributed by atoms with Crippen LogP contribution in [0.5, 0.6) is 0 Å². The van der Waals surface area contributed by atoms with Crippen LogP contribution < -0.4 is 10.6 Å². The second-order valence-corrected chi connectivity index (χ2v) is 4.97. The number of hydrogen-bond acceptors (Lipinski definition) is 2. The summed E-state index contributed by atoms with van der Waals surface area (Å²) in [5.41, 5.74) is 3.35. The summed E-state index contributed by atoms with van der Waals surface area (Å²) in [5.74, 6) is 0.00367. The van der Waals surface area contributed by atoms with Crippen molar-refractivity contribution in [2.75, 3.05) is 18.4 Å². The van der Waals surface area contributed by atoms with Crippen molar-refractivity contribution in [3.05, 3.63) is 65.7 Å². The highest BCUT2D eigenvalue weighted by molar-refractivity contribution is 5.92. The van der Waals surface area contributed by atoms with Gasteiger partial charge in [0.05, 0.1) is 6.54 Å². The van der Waals surface area contributed by atoms with Crippen LogP contribution in [0, 0.1) is 0 Å². The first-order valence-corrected chi connectivity index (χ1v) is 7.42. The van der Waals surface area contributed by atoms with E-state index in [0.717, 1.165) is 30.6 Å². The number of amides is 1. The molecule has 2 aromatic carbocycles. The number of benzene rings is 2. The normalized spacial score (nSPS) is 10.3. The maximum atomic E-state index is 11.9. The summed E-state index contributed by atoms with van der Waals surface area (Å²) in [5, 5.41) is 6.14. The number of nitrogens with one attached hydrogen (secondary N) is 2. The summed E-state index contributed by atoms with van der Waals surface area (Å²) >= 11 is 0. The molecule has 0 radical (unpaired) electrons. The predicted octanol–water partition coefficient (Wildman–Crippen LogP) is 3.02. The number of aryl methyl sites for hydroxylation is 1. The predicted molar refractivity (Wildman–Crippen MR) is 87.5 cm³/mol. The fourth-order valence-electron chi connectivity index (χ4n) is 2.22. The zero-order valence-corrected chi connectivity index (χ0v) is 12.4. The molecule has 2 N–H and O–H groups in total. The first-order valence-electron chi connectivity index (χ1n) is 7.42. The van der Waals surface area contributed by atoms with Crippen molar-refractivity contribution in [3.8, 4) is 0 Å². The fourth-order valence-corrected chi connectivity index (χ4v) is 2.22. The van der Waals surface area contributed by atoms with Crippen LogP contribution in [0.15, 0.2) is 54.6 Å². The van der Waals surface area contributed by atoms with Crippen molar-refractivity contribution in [1.82, 2.24) is 5.32 Å². The number of carbonyl (C=O) groups is 1. The number of anilines is 1.